The molecule has 2 aromatic carbocycles. The fourth-order valence-electron chi connectivity index (χ4n) is 1.37. The number of rotatable bonds is 3. The van der Waals surface area contributed by atoms with Gasteiger partial charge >= 0.3 is 0 Å². The standard InChI is InChI=1S/C13H9Cl2FO/c14-8-9-2-1-3-10(6-9)17-11-4-5-13(16)12(15)7-11/h1-7H,8H2. The molecule has 0 atom stereocenters. The number of benzene rings is 2. The van der Waals surface area contributed by atoms with Crippen molar-refractivity contribution in [3.8, 4) is 11.5 Å². The molecule has 0 fully saturated rings. The van der Waals surface area contributed by atoms with E-state index in [1.165, 1.54) is 18.2 Å². The zero-order valence-corrected chi connectivity index (χ0v) is 10.3. The topological polar surface area (TPSA) is 9.23 Å². The van der Waals surface area contributed by atoms with Gasteiger partial charge in [-0.15, -0.1) is 11.6 Å². The summed E-state index contributed by atoms with van der Waals surface area (Å²) in [6.45, 7) is 0. The van der Waals surface area contributed by atoms with Gasteiger partial charge in [-0.1, -0.05) is 23.7 Å². The molecule has 0 saturated heterocycles. The first kappa shape index (κ1) is 12.2. The average Bonchev–Trinajstić information content (AvgIpc) is 2.34. The molecule has 0 aliphatic rings. The molecule has 0 aliphatic heterocycles. The number of ether oxygens (including phenoxy) is 1. The Balaban J connectivity index is 2.22. The van der Waals surface area contributed by atoms with E-state index in [-0.39, 0.29) is 5.02 Å². The Morgan fingerprint density at radius 3 is 2.53 bits per heavy atom. The van der Waals surface area contributed by atoms with Crippen LogP contribution in [0.1, 0.15) is 5.56 Å². The third kappa shape index (κ3) is 3.11. The highest BCUT2D eigenvalue weighted by molar-refractivity contribution is 6.30. The van der Waals surface area contributed by atoms with Crippen LogP contribution in [0.3, 0.4) is 0 Å². The van der Waals surface area contributed by atoms with Gasteiger partial charge in [-0.3, -0.25) is 0 Å². The average molecular weight is 271 g/mol. The van der Waals surface area contributed by atoms with Crippen molar-refractivity contribution in [3.63, 3.8) is 0 Å². The van der Waals surface area contributed by atoms with Crippen LogP contribution in [0.25, 0.3) is 0 Å². The van der Waals surface area contributed by atoms with Crippen LogP contribution >= 0.6 is 23.2 Å². The van der Waals surface area contributed by atoms with Gasteiger partial charge < -0.3 is 4.74 Å². The molecule has 4 heteroatoms. The van der Waals surface area contributed by atoms with Crippen molar-refractivity contribution in [1.29, 1.82) is 0 Å². The number of halogens is 3. The highest BCUT2D eigenvalue weighted by Gasteiger charge is 2.03. The highest BCUT2D eigenvalue weighted by atomic mass is 35.5. The van der Waals surface area contributed by atoms with Gasteiger partial charge in [-0.25, -0.2) is 4.39 Å². The van der Waals surface area contributed by atoms with Gasteiger partial charge in [0.1, 0.15) is 17.3 Å². The molecule has 88 valence electrons. The summed E-state index contributed by atoms with van der Waals surface area (Å²) in [5.74, 6) is 1.09. The Labute approximate surface area is 109 Å². The number of hydrogen-bond donors (Lipinski definition) is 0. The van der Waals surface area contributed by atoms with Crippen LogP contribution in [0.5, 0.6) is 11.5 Å². The third-order valence-electron chi connectivity index (χ3n) is 2.18. The van der Waals surface area contributed by atoms with Gasteiger partial charge in [-0.05, 0) is 29.8 Å². The SMILES string of the molecule is Fc1ccc(Oc2cccc(CCl)c2)cc1Cl. The summed E-state index contributed by atoms with van der Waals surface area (Å²) in [4.78, 5) is 0. The Morgan fingerprint density at radius 1 is 1.06 bits per heavy atom. The molecule has 0 heterocycles. The molecule has 17 heavy (non-hydrogen) atoms. The Kier molecular flexibility index (Phi) is 3.87. The second kappa shape index (κ2) is 5.39. The van der Waals surface area contributed by atoms with E-state index in [0.29, 0.717) is 17.4 Å². The molecule has 2 rings (SSSR count). The molecular formula is C13H9Cl2FO. The molecule has 0 aromatic heterocycles. The number of alkyl halides is 1. The van der Waals surface area contributed by atoms with E-state index in [1.54, 1.807) is 6.07 Å². The minimum atomic E-state index is -0.464. The van der Waals surface area contributed by atoms with Crippen molar-refractivity contribution in [2.75, 3.05) is 0 Å². The monoisotopic (exact) mass is 270 g/mol. The van der Waals surface area contributed by atoms with E-state index in [4.69, 9.17) is 27.9 Å². The Hall–Kier alpha value is -1.25. The van der Waals surface area contributed by atoms with Crippen LogP contribution in [0.15, 0.2) is 42.5 Å². The lowest BCUT2D eigenvalue weighted by atomic mass is 10.2. The van der Waals surface area contributed by atoms with Crippen LogP contribution in [0.2, 0.25) is 5.02 Å². The van der Waals surface area contributed by atoms with Gasteiger partial charge in [0, 0.05) is 11.9 Å². The zero-order chi connectivity index (χ0) is 12.3. The molecule has 1 nitrogen and oxygen atoms in total. The lowest BCUT2D eigenvalue weighted by Gasteiger charge is -2.07. The second-order valence-electron chi connectivity index (χ2n) is 3.46. The lowest BCUT2D eigenvalue weighted by molar-refractivity contribution is 0.480. The largest absolute Gasteiger partial charge is 0.457 e. The van der Waals surface area contributed by atoms with Crippen molar-refractivity contribution in [2.24, 2.45) is 0 Å². The maximum absolute atomic E-state index is 13.0. The maximum atomic E-state index is 13.0. The van der Waals surface area contributed by atoms with E-state index in [0.717, 1.165) is 5.56 Å². The van der Waals surface area contributed by atoms with Crippen LogP contribution in [-0.4, -0.2) is 0 Å². The third-order valence-corrected chi connectivity index (χ3v) is 2.78. The van der Waals surface area contributed by atoms with Crippen molar-refractivity contribution >= 4 is 23.2 Å². The molecule has 0 saturated carbocycles. The maximum Gasteiger partial charge on any atom is 0.142 e. The van der Waals surface area contributed by atoms with E-state index in [2.05, 4.69) is 0 Å². The van der Waals surface area contributed by atoms with Crippen LogP contribution < -0.4 is 4.74 Å². The summed E-state index contributed by atoms with van der Waals surface area (Å²) in [6, 6.07) is 11.6. The molecule has 0 unspecified atom stereocenters. The minimum Gasteiger partial charge on any atom is -0.457 e. The number of hydrogen-bond acceptors (Lipinski definition) is 1. The second-order valence-corrected chi connectivity index (χ2v) is 4.13. The van der Waals surface area contributed by atoms with Crippen molar-refractivity contribution in [3.05, 3.63) is 58.9 Å². The zero-order valence-electron chi connectivity index (χ0n) is 8.79. The Morgan fingerprint density at radius 2 is 1.82 bits per heavy atom. The summed E-state index contributed by atoms with van der Waals surface area (Å²) < 4.78 is 18.5. The molecule has 0 N–H and O–H groups in total. The summed E-state index contributed by atoms with van der Waals surface area (Å²) in [6.07, 6.45) is 0. The van der Waals surface area contributed by atoms with Gasteiger partial charge in [0.25, 0.3) is 0 Å². The lowest BCUT2D eigenvalue weighted by Crippen LogP contribution is -1.87. The van der Waals surface area contributed by atoms with Gasteiger partial charge in [-0.2, -0.15) is 0 Å². The highest BCUT2D eigenvalue weighted by Crippen LogP contribution is 2.26. The van der Waals surface area contributed by atoms with E-state index in [1.807, 2.05) is 18.2 Å². The van der Waals surface area contributed by atoms with E-state index >= 15 is 0 Å². The molecular weight excluding hydrogens is 262 g/mol. The van der Waals surface area contributed by atoms with Crippen LogP contribution in [0, 0.1) is 5.82 Å². The van der Waals surface area contributed by atoms with Gasteiger partial charge in [0.05, 0.1) is 5.02 Å². The summed E-state index contributed by atoms with van der Waals surface area (Å²) in [7, 11) is 0. The smallest absolute Gasteiger partial charge is 0.142 e. The quantitative estimate of drug-likeness (QED) is 0.713. The predicted octanol–water partition coefficient (Wildman–Crippen LogP) is 5.01. The minimum absolute atomic E-state index is 0.0380. The molecule has 0 bridgehead atoms. The van der Waals surface area contributed by atoms with E-state index in [9.17, 15) is 4.39 Å². The fraction of sp³-hybridized carbons (Fsp3) is 0.0769. The van der Waals surface area contributed by atoms with Crippen molar-refractivity contribution < 1.29 is 9.13 Å². The first-order chi connectivity index (χ1) is 8.19. The molecule has 0 aliphatic carbocycles. The summed E-state index contributed by atoms with van der Waals surface area (Å²) >= 11 is 11.4. The Bertz CT molecular complexity index is 529. The summed E-state index contributed by atoms with van der Waals surface area (Å²) in [5.41, 5.74) is 0.956. The molecule has 0 radical (unpaired) electrons. The fourth-order valence-corrected chi connectivity index (χ4v) is 1.71. The summed E-state index contributed by atoms with van der Waals surface area (Å²) in [5, 5.41) is 0.0380. The molecule has 2 aromatic rings. The molecule has 0 amide bonds. The first-order valence-electron chi connectivity index (χ1n) is 4.97. The van der Waals surface area contributed by atoms with Gasteiger partial charge in [0.2, 0.25) is 0 Å². The first-order valence-corrected chi connectivity index (χ1v) is 5.88. The van der Waals surface area contributed by atoms with Crippen LogP contribution in [-0.2, 0) is 5.88 Å². The predicted molar refractivity (Wildman–Crippen MR) is 67.5 cm³/mol. The van der Waals surface area contributed by atoms with E-state index < -0.39 is 5.82 Å². The van der Waals surface area contributed by atoms with Crippen LogP contribution in [0.4, 0.5) is 4.39 Å². The normalized spacial score (nSPS) is 10.3. The van der Waals surface area contributed by atoms with Crippen molar-refractivity contribution in [2.45, 2.75) is 5.88 Å². The van der Waals surface area contributed by atoms with Gasteiger partial charge in [0.15, 0.2) is 0 Å². The molecule has 0 spiro atoms. The van der Waals surface area contributed by atoms with Crippen molar-refractivity contribution in [1.82, 2.24) is 0 Å².